The summed E-state index contributed by atoms with van der Waals surface area (Å²) in [5.74, 6) is -1.41. The van der Waals surface area contributed by atoms with E-state index in [1.165, 1.54) is 18.4 Å². The number of ether oxygens (including phenoxy) is 1. The van der Waals surface area contributed by atoms with Gasteiger partial charge in [-0.1, -0.05) is 35.5 Å². The standard InChI is InChI=1S/C20H27N3O2.C2H2O4/c1-2-24-15-14-23-12-10-20(11-13-23,17-6-4-3-5-7-17)19-21-18(22-25-19)16-8-9-16;3-1(4)2(5)6/h3-7,16H,2,8-15H2,1H3;(H,3,4)(H,5,6). The molecule has 0 unspecified atom stereocenters. The van der Waals surface area contributed by atoms with Crippen molar-refractivity contribution in [2.45, 2.75) is 43.9 Å². The summed E-state index contributed by atoms with van der Waals surface area (Å²) in [6, 6.07) is 10.7. The summed E-state index contributed by atoms with van der Waals surface area (Å²) in [5, 5.41) is 19.1. The number of aromatic nitrogens is 2. The van der Waals surface area contributed by atoms with E-state index < -0.39 is 11.9 Å². The summed E-state index contributed by atoms with van der Waals surface area (Å²) in [5.41, 5.74) is 1.15. The number of nitrogens with zero attached hydrogens (tertiary/aromatic N) is 3. The van der Waals surface area contributed by atoms with Gasteiger partial charge in [0.25, 0.3) is 0 Å². The summed E-state index contributed by atoms with van der Waals surface area (Å²) < 4.78 is 11.3. The molecule has 1 aromatic heterocycles. The van der Waals surface area contributed by atoms with Crippen molar-refractivity contribution in [3.8, 4) is 0 Å². The molecule has 1 aliphatic carbocycles. The number of benzene rings is 1. The van der Waals surface area contributed by atoms with Crippen LogP contribution in [-0.2, 0) is 19.7 Å². The Labute approximate surface area is 181 Å². The molecule has 2 fully saturated rings. The molecule has 1 aliphatic heterocycles. The Kier molecular flexibility index (Phi) is 7.75. The number of carboxylic acid groups (broad SMARTS) is 2. The largest absolute Gasteiger partial charge is 0.473 e. The van der Waals surface area contributed by atoms with Crippen molar-refractivity contribution in [2.24, 2.45) is 0 Å². The lowest BCUT2D eigenvalue weighted by atomic mass is 9.72. The molecule has 4 rings (SSSR count). The van der Waals surface area contributed by atoms with Crippen molar-refractivity contribution < 1.29 is 29.1 Å². The van der Waals surface area contributed by atoms with Crippen LogP contribution in [0.5, 0.6) is 0 Å². The minimum absolute atomic E-state index is 0.149. The van der Waals surface area contributed by atoms with E-state index in [0.717, 1.165) is 57.4 Å². The number of likely N-dealkylation sites (tertiary alicyclic amines) is 1. The van der Waals surface area contributed by atoms with Gasteiger partial charge in [-0.2, -0.15) is 4.98 Å². The van der Waals surface area contributed by atoms with Crippen molar-refractivity contribution in [3.63, 3.8) is 0 Å². The van der Waals surface area contributed by atoms with Crippen LogP contribution in [0.1, 0.15) is 55.8 Å². The molecule has 1 saturated heterocycles. The highest BCUT2D eigenvalue weighted by Crippen LogP contribution is 2.43. The molecule has 2 heterocycles. The fourth-order valence-corrected chi connectivity index (χ4v) is 3.82. The minimum atomic E-state index is -1.82. The van der Waals surface area contributed by atoms with Crippen molar-refractivity contribution in [3.05, 3.63) is 47.6 Å². The highest BCUT2D eigenvalue weighted by Gasteiger charge is 2.43. The van der Waals surface area contributed by atoms with E-state index in [1.54, 1.807) is 0 Å². The third-order valence-electron chi connectivity index (χ3n) is 5.77. The maximum Gasteiger partial charge on any atom is 0.414 e. The third-order valence-corrected chi connectivity index (χ3v) is 5.77. The lowest BCUT2D eigenvalue weighted by molar-refractivity contribution is -0.159. The molecular weight excluding hydrogens is 402 g/mol. The summed E-state index contributed by atoms with van der Waals surface area (Å²) in [6.45, 7) is 6.70. The molecule has 1 saturated carbocycles. The minimum Gasteiger partial charge on any atom is -0.473 e. The zero-order chi connectivity index (χ0) is 22.3. The van der Waals surface area contributed by atoms with Gasteiger partial charge in [0.2, 0.25) is 5.89 Å². The van der Waals surface area contributed by atoms with Gasteiger partial charge < -0.3 is 24.4 Å². The van der Waals surface area contributed by atoms with E-state index in [-0.39, 0.29) is 5.41 Å². The van der Waals surface area contributed by atoms with Gasteiger partial charge >= 0.3 is 11.9 Å². The molecule has 0 amide bonds. The van der Waals surface area contributed by atoms with Crippen molar-refractivity contribution in [2.75, 3.05) is 32.8 Å². The zero-order valence-corrected chi connectivity index (χ0v) is 17.7. The molecule has 168 valence electrons. The van der Waals surface area contributed by atoms with Gasteiger partial charge in [0.1, 0.15) is 0 Å². The molecule has 0 atom stereocenters. The molecule has 2 N–H and O–H groups in total. The average Bonchev–Trinajstić information content (AvgIpc) is 3.52. The lowest BCUT2D eigenvalue weighted by Crippen LogP contribution is -2.44. The number of piperidine rings is 1. The second-order valence-corrected chi connectivity index (χ2v) is 7.83. The van der Waals surface area contributed by atoms with E-state index in [4.69, 9.17) is 34.0 Å². The molecule has 1 aromatic carbocycles. The second-order valence-electron chi connectivity index (χ2n) is 7.83. The molecule has 2 aromatic rings. The highest BCUT2D eigenvalue weighted by atomic mass is 16.5. The quantitative estimate of drug-likeness (QED) is 0.502. The van der Waals surface area contributed by atoms with Gasteiger partial charge in [-0.3, -0.25) is 0 Å². The van der Waals surface area contributed by atoms with Gasteiger partial charge in [0.15, 0.2) is 5.82 Å². The van der Waals surface area contributed by atoms with Gasteiger partial charge in [-0.15, -0.1) is 0 Å². The maximum absolute atomic E-state index is 9.10. The van der Waals surface area contributed by atoms with E-state index in [0.29, 0.717) is 5.92 Å². The van der Waals surface area contributed by atoms with Crippen LogP contribution in [-0.4, -0.2) is 70.0 Å². The van der Waals surface area contributed by atoms with E-state index in [1.807, 2.05) is 6.92 Å². The van der Waals surface area contributed by atoms with Crippen LogP contribution < -0.4 is 0 Å². The number of hydrogen-bond acceptors (Lipinski definition) is 7. The number of carbonyl (C=O) groups is 2. The fourth-order valence-electron chi connectivity index (χ4n) is 3.82. The summed E-state index contributed by atoms with van der Waals surface area (Å²) in [6.07, 6.45) is 4.41. The molecule has 9 nitrogen and oxygen atoms in total. The number of hydrogen-bond donors (Lipinski definition) is 2. The van der Waals surface area contributed by atoms with E-state index in [9.17, 15) is 0 Å². The number of aliphatic carboxylic acids is 2. The molecule has 0 bridgehead atoms. The molecule has 0 radical (unpaired) electrons. The van der Waals surface area contributed by atoms with Crippen LogP contribution in [0.4, 0.5) is 0 Å². The number of rotatable bonds is 7. The predicted octanol–water partition coefficient (Wildman–Crippen LogP) is 2.52. The predicted molar refractivity (Wildman–Crippen MR) is 111 cm³/mol. The first kappa shape index (κ1) is 22.9. The van der Waals surface area contributed by atoms with Crippen LogP contribution in [0.2, 0.25) is 0 Å². The normalized spacial score (nSPS) is 18.1. The SMILES string of the molecule is CCOCCN1CCC(c2ccccc2)(c2nc(C3CC3)no2)CC1.O=C(O)C(=O)O. The van der Waals surface area contributed by atoms with E-state index >= 15 is 0 Å². The molecule has 2 aliphatic rings. The van der Waals surface area contributed by atoms with Crippen molar-refractivity contribution >= 4 is 11.9 Å². The monoisotopic (exact) mass is 431 g/mol. The Balaban J connectivity index is 0.000000401. The topological polar surface area (TPSA) is 126 Å². The smallest absolute Gasteiger partial charge is 0.414 e. The van der Waals surface area contributed by atoms with Gasteiger partial charge in [0, 0.05) is 19.1 Å². The zero-order valence-electron chi connectivity index (χ0n) is 17.7. The van der Waals surface area contributed by atoms with Crippen LogP contribution in [0.25, 0.3) is 0 Å². The summed E-state index contributed by atoms with van der Waals surface area (Å²) in [7, 11) is 0. The first-order chi connectivity index (χ1) is 15.0. The Morgan fingerprint density at radius 2 is 1.81 bits per heavy atom. The van der Waals surface area contributed by atoms with Gasteiger partial charge in [0.05, 0.1) is 12.0 Å². The first-order valence-corrected chi connectivity index (χ1v) is 10.6. The van der Waals surface area contributed by atoms with Crippen molar-refractivity contribution in [1.29, 1.82) is 0 Å². The number of carboxylic acids is 2. The average molecular weight is 431 g/mol. The summed E-state index contributed by atoms with van der Waals surface area (Å²) in [4.78, 5) is 25.5. The Hall–Kier alpha value is -2.78. The Bertz CT molecular complexity index is 845. The molecule has 31 heavy (non-hydrogen) atoms. The highest BCUT2D eigenvalue weighted by molar-refractivity contribution is 6.27. The Morgan fingerprint density at radius 3 is 2.35 bits per heavy atom. The van der Waals surface area contributed by atoms with Gasteiger partial charge in [-0.25, -0.2) is 9.59 Å². The fraction of sp³-hybridized carbons (Fsp3) is 0.545. The van der Waals surface area contributed by atoms with Crippen LogP contribution >= 0.6 is 0 Å². The van der Waals surface area contributed by atoms with Crippen LogP contribution in [0.3, 0.4) is 0 Å². The Morgan fingerprint density at radius 1 is 1.16 bits per heavy atom. The van der Waals surface area contributed by atoms with Crippen LogP contribution in [0, 0.1) is 0 Å². The molecular formula is C22H29N3O6. The lowest BCUT2D eigenvalue weighted by Gasteiger charge is -2.39. The van der Waals surface area contributed by atoms with E-state index in [2.05, 4.69) is 40.4 Å². The molecule has 9 heteroatoms. The van der Waals surface area contributed by atoms with Crippen LogP contribution in [0.15, 0.2) is 34.9 Å². The maximum atomic E-state index is 9.10. The summed E-state index contributed by atoms with van der Waals surface area (Å²) >= 11 is 0. The second kappa shape index (κ2) is 10.5. The molecule has 0 spiro atoms. The third kappa shape index (κ3) is 5.89. The van der Waals surface area contributed by atoms with Gasteiger partial charge in [-0.05, 0) is 51.3 Å². The van der Waals surface area contributed by atoms with Crippen molar-refractivity contribution in [1.82, 2.24) is 15.0 Å². The first-order valence-electron chi connectivity index (χ1n) is 10.6.